The summed E-state index contributed by atoms with van der Waals surface area (Å²) in [5, 5.41) is 5.08. The lowest BCUT2D eigenvalue weighted by molar-refractivity contribution is 1.30. The fourth-order valence-electron chi connectivity index (χ4n) is 6.85. The molecule has 0 fully saturated rings. The van der Waals surface area contributed by atoms with Gasteiger partial charge in [0.05, 0.1) is 5.69 Å². The number of hydrogen-bond acceptors (Lipinski definition) is 2. The monoisotopic (exact) mass is 629 g/mol. The maximum atomic E-state index is 2.42. The molecule has 0 amide bonds. The Morgan fingerprint density at radius 1 is 0.333 bits per heavy atom. The second kappa shape index (κ2) is 12.0. The van der Waals surface area contributed by atoms with Gasteiger partial charge in [-0.15, -0.1) is 11.3 Å². The summed E-state index contributed by atoms with van der Waals surface area (Å²) in [7, 11) is 0. The number of thiophene rings is 1. The molecule has 0 aliphatic heterocycles. The number of anilines is 3. The molecule has 2 heteroatoms. The SMILES string of the molecule is c1ccc(-c2ccc(-c3ccc(N(c4cccc(-c5ccc6ccccc6c5)c4)c4cccc5sc6ccccc6c45)cc3)cc2)cc1. The molecular weight excluding hydrogens is 599 g/mol. The maximum Gasteiger partial charge on any atom is 0.0554 e. The smallest absolute Gasteiger partial charge is 0.0554 e. The van der Waals surface area contributed by atoms with Crippen molar-refractivity contribution in [1.29, 1.82) is 0 Å². The van der Waals surface area contributed by atoms with Crippen LogP contribution in [0, 0.1) is 0 Å². The van der Waals surface area contributed by atoms with Crippen LogP contribution in [0.15, 0.2) is 188 Å². The van der Waals surface area contributed by atoms with Gasteiger partial charge in [0.1, 0.15) is 0 Å². The van der Waals surface area contributed by atoms with Crippen molar-refractivity contribution in [2.75, 3.05) is 4.90 Å². The van der Waals surface area contributed by atoms with E-state index in [2.05, 4.69) is 193 Å². The van der Waals surface area contributed by atoms with Gasteiger partial charge in [0.15, 0.2) is 0 Å². The number of hydrogen-bond donors (Lipinski definition) is 0. The molecule has 9 aromatic rings. The predicted molar refractivity (Wildman–Crippen MR) is 208 cm³/mol. The summed E-state index contributed by atoms with van der Waals surface area (Å²) in [6, 6.07) is 68.2. The Morgan fingerprint density at radius 3 is 1.69 bits per heavy atom. The Balaban J connectivity index is 1.16. The van der Waals surface area contributed by atoms with Gasteiger partial charge >= 0.3 is 0 Å². The molecule has 0 radical (unpaired) electrons. The third-order valence-corrected chi connectivity index (χ3v) is 10.4. The first-order valence-electron chi connectivity index (χ1n) is 16.3. The highest BCUT2D eigenvalue weighted by atomic mass is 32.1. The topological polar surface area (TPSA) is 3.24 Å². The van der Waals surface area contributed by atoms with Crippen LogP contribution in [0.1, 0.15) is 0 Å². The molecule has 0 spiro atoms. The van der Waals surface area contributed by atoms with E-state index >= 15 is 0 Å². The van der Waals surface area contributed by atoms with E-state index in [-0.39, 0.29) is 0 Å². The van der Waals surface area contributed by atoms with Crippen molar-refractivity contribution in [3.63, 3.8) is 0 Å². The zero-order valence-electron chi connectivity index (χ0n) is 26.3. The second-order valence-electron chi connectivity index (χ2n) is 12.2. The highest BCUT2D eigenvalue weighted by molar-refractivity contribution is 7.26. The van der Waals surface area contributed by atoms with Crippen LogP contribution in [0.25, 0.3) is 64.3 Å². The summed E-state index contributed by atoms with van der Waals surface area (Å²) < 4.78 is 2.60. The van der Waals surface area contributed by atoms with E-state index in [4.69, 9.17) is 0 Å². The molecule has 9 rings (SSSR count). The van der Waals surface area contributed by atoms with Crippen molar-refractivity contribution in [2.45, 2.75) is 0 Å². The van der Waals surface area contributed by atoms with Crippen molar-refractivity contribution in [1.82, 2.24) is 0 Å². The van der Waals surface area contributed by atoms with Gasteiger partial charge in [-0.3, -0.25) is 0 Å². The first-order chi connectivity index (χ1) is 23.8. The summed E-state index contributed by atoms with van der Waals surface area (Å²) in [5.41, 5.74) is 10.7. The molecule has 0 bridgehead atoms. The van der Waals surface area contributed by atoms with Crippen LogP contribution < -0.4 is 4.90 Å². The van der Waals surface area contributed by atoms with E-state index in [9.17, 15) is 0 Å². The molecule has 0 unspecified atom stereocenters. The Morgan fingerprint density at radius 2 is 0.896 bits per heavy atom. The zero-order valence-corrected chi connectivity index (χ0v) is 27.1. The van der Waals surface area contributed by atoms with E-state index in [0.29, 0.717) is 0 Å². The molecule has 0 aliphatic carbocycles. The lowest BCUT2D eigenvalue weighted by Crippen LogP contribution is -2.10. The summed E-state index contributed by atoms with van der Waals surface area (Å²) >= 11 is 1.86. The summed E-state index contributed by atoms with van der Waals surface area (Å²) in [4.78, 5) is 2.42. The van der Waals surface area contributed by atoms with Crippen molar-refractivity contribution < 1.29 is 0 Å². The first kappa shape index (κ1) is 28.3. The third kappa shape index (κ3) is 5.13. The molecule has 1 aromatic heterocycles. The van der Waals surface area contributed by atoms with Gasteiger partial charge in [0, 0.05) is 31.5 Å². The normalized spacial score (nSPS) is 11.3. The minimum atomic E-state index is 1.12. The van der Waals surface area contributed by atoms with Crippen LogP contribution in [-0.2, 0) is 0 Å². The van der Waals surface area contributed by atoms with Crippen LogP contribution in [0.5, 0.6) is 0 Å². The fourth-order valence-corrected chi connectivity index (χ4v) is 7.98. The van der Waals surface area contributed by atoms with Crippen molar-refractivity contribution in [3.05, 3.63) is 188 Å². The quantitative estimate of drug-likeness (QED) is 0.177. The van der Waals surface area contributed by atoms with Crippen molar-refractivity contribution in [2.24, 2.45) is 0 Å². The van der Waals surface area contributed by atoms with Crippen LogP contribution >= 0.6 is 11.3 Å². The average Bonchev–Trinajstić information content (AvgIpc) is 3.55. The number of benzene rings is 8. The van der Waals surface area contributed by atoms with Gasteiger partial charge in [0.2, 0.25) is 0 Å². The Bertz CT molecular complexity index is 2540. The maximum absolute atomic E-state index is 2.42. The highest BCUT2D eigenvalue weighted by Gasteiger charge is 2.19. The number of rotatable bonds is 6. The molecular formula is C46H31NS. The van der Waals surface area contributed by atoms with Gasteiger partial charge < -0.3 is 4.90 Å². The van der Waals surface area contributed by atoms with E-state index < -0.39 is 0 Å². The first-order valence-corrected chi connectivity index (χ1v) is 17.2. The van der Waals surface area contributed by atoms with Gasteiger partial charge in [-0.1, -0.05) is 140 Å². The summed E-state index contributed by atoms with van der Waals surface area (Å²) in [6.45, 7) is 0. The zero-order chi connectivity index (χ0) is 31.9. The van der Waals surface area contributed by atoms with Gasteiger partial charge in [-0.05, 0) is 92.7 Å². The minimum Gasteiger partial charge on any atom is -0.310 e. The second-order valence-corrected chi connectivity index (χ2v) is 13.3. The summed E-state index contributed by atoms with van der Waals surface area (Å²) in [6.07, 6.45) is 0. The number of fused-ring (bicyclic) bond motifs is 4. The molecule has 8 aromatic carbocycles. The molecule has 1 heterocycles. The van der Waals surface area contributed by atoms with Crippen molar-refractivity contribution >= 4 is 59.3 Å². The minimum absolute atomic E-state index is 1.12. The average molecular weight is 630 g/mol. The van der Waals surface area contributed by atoms with Gasteiger partial charge in [-0.25, -0.2) is 0 Å². The van der Waals surface area contributed by atoms with E-state index in [1.807, 2.05) is 11.3 Å². The lowest BCUT2D eigenvalue weighted by atomic mass is 9.99. The van der Waals surface area contributed by atoms with E-state index in [0.717, 1.165) is 11.4 Å². The Hall–Kier alpha value is -5.96. The molecule has 0 saturated heterocycles. The standard InChI is InChI=1S/C46H31NS/c1-2-10-32(11-3-1)34-20-22-35(23-21-34)36-26-28-40(29-27-36)47(43-17-9-19-45-46(43)42-16-6-7-18-44(42)48-45)41-15-8-14-38(31-41)39-25-24-33-12-4-5-13-37(33)30-39/h1-31H. The van der Waals surface area contributed by atoms with E-state index in [1.54, 1.807) is 0 Å². The van der Waals surface area contributed by atoms with Crippen molar-refractivity contribution in [3.8, 4) is 33.4 Å². The molecule has 0 aliphatic rings. The van der Waals surface area contributed by atoms with Gasteiger partial charge in [0.25, 0.3) is 0 Å². The highest BCUT2D eigenvalue weighted by Crippen LogP contribution is 2.45. The molecule has 226 valence electrons. The Kier molecular flexibility index (Phi) is 7.07. The molecule has 0 N–H and O–H groups in total. The van der Waals surface area contributed by atoms with E-state index in [1.165, 1.54) is 70.0 Å². The van der Waals surface area contributed by atoms with Gasteiger partial charge in [-0.2, -0.15) is 0 Å². The largest absolute Gasteiger partial charge is 0.310 e. The van der Waals surface area contributed by atoms with Crippen LogP contribution in [-0.4, -0.2) is 0 Å². The van der Waals surface area contributed by atoms with Crippen LogP contribution in [0.2, 0.25) is 0 Å². The molecule has 1 nitrogen and oxygen atoms in total. The summed E-state index contributed by atoms with van der Waals surface area (Å²) in [5.74, 6) is 0. The lowest BCUT2D eigenvalue weighted by Gasteiger charge is -2.27. The number of nitrogens with zero attached hydrogens (tertiary/aromatic N) is 1. The molecule has 0 atom stereocenters. The third-order valence-electron chi connectivity index (χ3n) is 9.26. The van der Waals surface area contributed by atoms with Crippen LogP contribution in [0.4, 0.5) is 17.1 Å². The predicted octanol–water partition coefficient (Wildman–Crippen LogP) is 13.7. The molecule has 48 heavy (non-hydrogen) atoms. The van der Waals surface area contributed by atoms with Crippen LogP contribution in [0.3, 0.4) is 0 Å². The fraction of sp³-hybridized carbons (Fsp3) is 0. The Labute approximate surface area is 284 Å². The molecule has 0 saturated carbocycles.